The number of aromatic amines is 1. The lowest BCUT2D eigenvalue weighted by Gasteiger charge is -2.11. The minimum absolute atomic E-state index is 0.0739. The standard InChI is InChI=1S/C19H15ClN4O2S/c1-12-7-13-8-14(11-22-19(13)23-12)15-9-17(18(20)21-10-15)24-27(25,26)16-5-3-2-4-6-16/h2-11,24H,1H3,(H,22,23). The van der Waals surface area contributed by atoms with E-state index in [4.69, 9.17) is 11.6 Å². The fraction of sp³-hybridized carbons (Fsp3) is 0.0526. The molecule has 4 rings (SSSR count). The molecule has 0 unspecified atom stereocenters. The van der Waals surface area contributed by atoms with Crippen molar-refractivity contribution in [2.75, 3.05) is 4.72 Å². The lowest BCUT2D eigenvalue weighted by atomic mass is 10.1. The minimum atomic E-state index is -3.76. The van der Waals surface area contributed by atoms with Crippen LogP contribution in [0.25, 0.3) is 22.2 Å². The van der Waals surface area contributed by atoms with E-state index >= 15 is 0 Å². The summed E-state index contributed by atoms with van der Waals surface area (Å²) in [5, 5.41) is 1.04. The number of rotatable bonds is 4. The molecule has 0 bridgehead atoms. The fourth-order valence-corrected chi connectivity index (χ4v) is 4.08. The van der Waals surface area contributed by atoms with E-state index in [1.165, 1.54) is 12.1 Å². The van der Waals surface area contributed by atoms with Gasteiger partial charge >= 0.3 is 0 Å². The molecule has 0 aliphatic heterocycles. The molecule has 27 heavy (non-hydrogen) atoms. The number of hydrogen-bond acceptors (Lipinski definition) is 4. The Hall–Kier alpha value is -2.90. The summed E-state index contributed by atoms with van der Waals surface area (Å²) in [7, 11) is -3.76. The monoisotopic (exact) mass is 398 g/mol. The number of halogens is 1. The summed E-state index contributed by atoms with van der Waals surface area (Å²) in [6.45, 7) is 1.96. The van der Waals surface area contributed by atoms with E-state index in [-0.39, 0.29) is 15.7 Å². The first-order chi connectivity index (χ1) is 12.9. The van der Waals surface area contributed by atoms with E-state index in [1.807, 2.05) is 19.1 Å². The summed E-state index contributed by atoms with van der Waals surface area (Å²) in [4.78, 5) is 11.8. The zero-order valence-electron chi connectivity index (χ0n) is 14.3. The molecule has 8 heteroatoms. The molecular formula is C19H15ClN4O2S. The molecule has 136 valence electrons. The SMILES string of the molecule is Cc1cc2cc(-c3cnc(Cl)c(NS(=O)(=O)c4ccccc4)c3)cnc2[nH]1. The highest BCUT2D eigenvalue weighted by molar-refractivity contribution is 7.92. The Kier molecular flexibility index (Phi) is 4.33. The van der Waals surface area contributed by atoms with Gasteiger partial charge in [-0.05, 0) is 37.3 Å². The molecule has 0 atom stereocenters. The normalized spacial score (nSPS) is 11.6. The maximum absolute atomic E-state index is 12.6. The van der Waals surface area contributed by atoms with Crippen LogP contribution >= 0.6 is 11.6 Å². The summed E-state index contributed by atoms with van der Waals surface area (Å²) >= 11 is 6.12. The predicted octanol–water partition coefficient (Wildman–Crippen LogP) is 4.39. The molecule has 0 spiro atoms. The zero-order valence-corrected chi connectivity index (χ0v) is 15.8. The Bertz CT molecular complexity index is 1240. The topological polar surface area (TPSA) is 87.7 Å². The molecule has 0 saturated carbocycles. The highest BCUT2D eigenvalue weighted by Crippen LogP contribution is 2.29. The molecule has 3 aromatic heterocycles. The van der Waals surface area contributed by atoms with Gasteiger partial charge in [0.05, 0.1) is 10.6 Å². The van der Waals surface area contributed by atoms with Gasteiger partial charge in [-0.3, -0.25) is 4.72 Å². The van der Waals surface area contributed by atoms with Crippen molar-refractivity contribution in [1.29, 1.82) is 0 Å². The lowest BCUT2D eigenvalue weighted by molar-refractivity contribution is 0.601. The van der Waals surface area contributed by atoms with Crippen LogP contribution in [0.2, 0.25) is 5.15 Å². The van der Waals surface area contributed by atoms with Crippen LogP contribution in [0.15, 0.2) is 65.8 Å². The van der Waals surface area contributed by atoms with E-state index in [9.17, 15) is 8.42 Å². The number of fused-ring (bicyclic) bond motifs is 1. The third-order valence-corrected chi connectivity index (χ3v) is 5.76. The van der Waals surface area contributed by atoms with Crippen molar-refractivity contribution in [3.8, 4) is 11.1 Å². The van der Waals surface area contributed by atoms with Crippen molar-refractivity contribution in [2.45, 2.75) is 11.8 Å². The fourth-order valence-electron chi connectivity index (χ4n) is 2.79. The number of benzene rings is 1. The number of hydrogen-bond donors (Lipinski definition) is 2. The van der Waals surface area contributed by atoms with Crippen molar-refractivity contribution < 1.29 is 8.42 Å². The number of pyridine rings is 2. The smallest absolute Gasteiger partial charge is 0.261 e. The Balaban J connectivity index is 1.72. The van der Waals surface area contributed by atoms with Crippen molar-refractivity contribution in [1.82, 2.24) is 15.0 Å². The summed E-state index contributed by atoms with van der Waals surface area (Å²) in [5.74, 6) is 0. The van der Waals surface area contributed by atoms with E-state index in [0.29, 0.717) is 5.56 Å². The van der Waals surface area contributed by atoms with Gasteiger partial charge in [-0.1, -0.05) is 29.8 Å². The van der Waals surface area contributed by atoms with Crippen LogP contribution in [0.4, 0.5) is 5.69 Å². The molecule has 0 aliphatic carbocycles. The molecule has 0 radical (unpaired) electrons. The van der Waals surface area contributed by atoms with Crippen molar-refractivity contribution >= 4 is 38.3 Å². The van der Waals surface area contributed by atoms with Gasteiger partial charge in [-0.2, -0.15) is 0 Å². The second-order valence-electron chi connectivity index (χ2n) is 6.10. The zero-order chi connectivity index (χ0) is 19.0. The van der Waals surface area contributed by atoms with Gasteiger partial charge in [-0.15, -0.1) is 0 Å². The molecule has 3 heterocycles. The van der Waals surface area contributed by atoms with Gasteiger partial charge in [0.25, 0.3) is 10.0 Å². The summed E-state index contributed by atoms with van der Waals surface area (Å²) in [5.41, 5.74) is 3.54. The molecule has 0 fully saturated rings. The third kappa shape index (κ3) is 3.51. The van der Waals surface area contributed by atoms with Crippen LogP contribution in [-0.2, 0) is 10.0 Å². The first-order valence-corrected chi connectivity index (χ1v) is 9.98. The number of aromatic nitrogens is 3. The molecule has 6 nitrogen and oxygen atoms in total. The van der Waals surface area contributed by atoms with Gasteiger partial charge in [0.1, 0.15) is 5.65 Å². The summed E-state index contributed by atoms with van der Waals surface area (Å²) < 4.78 is 27.6. The van der Waals surface area contributed by atoms with Gasteiger partial charge in [0.2, 0.25) is 0 Å². The second kappa shape index (κ2) is 6.68. The number of nitrogens with one attached hydrogen (secondary N) is 2. The van der Waals surface area contributed by atoms with Crippen LogP contribution in [0, 0.1) is 6.92 Å². The third-order valence-electron chi connectivity index (χ3n) is 4.07. The van der Waals surface area contributed by atoms with Gasteiger partial charge in [0, 0.05) is 34.6 Å². The van der Waals surface area contributed by atoms with E-state index in [1.54, 1.807) is 36.7 Å². The minimum Gasteiger partial charge on any atom is -0.344 e. The first-order valence-electron chi connectivity index (χ1n) is 8.11. The van der Waals surface area contributed by atoms with Gasteiger partial charge in [0.15, 0.2) is 5.15 Å². The number of aryl methyl sites for hydroxylation is 1. The Morgan fingerprint density at radius 1 is 1.00 bits per heavy atom. The van der Waals surface area contributed by atoms with Crippen molar-refractivity contribution in [3.63, 3.8) is 0 Å². The number of anilines is 1. The van der Waals surface area contributed by atoms with Gasteiger partial charge < -0.3 is 4.98 Å². The molecule has 0 aliphatic rings. The number of H-pyrrole nitrogens is 1. The van der Waals surface area contributed by atoms with E-state index < -0.39 is 10.0 Å². The quantitative estimate of drug-likeness (QED) is 0.499. The van der Waals surface area contributed by atoms with E-state index in [2.05, 4.69) is 19.7 Å². The van der Waals surface area contributed by atoms with Crippen LogP contribution in [0.5, 0.6) is 0 Å². The molecule has 0 amide bonds. The van der Waals surface area contributed by atoms with Gasteiger partial charge in [-0.25, -0.2) is 18.4 Å². The average Bonchev–Trinajstić information content (AvgIpc) is 3.03. The summed E-state index contributed by atoms with van der Waals surface area (Å²) in [6, 6.07) is 13.7. The maximum Gasteiger partial charge on any atom is 0.261 e. The average molecular weight is 399 g/mol. The van der Waals surface area contributed by atoms with E-state index in [0.717, 1.165) is 22.3 Å². The molecule has 0 saturated heterocycles. The van der Waals surface area contributed by atoms with Crippen LogP contribution in [-0.4, -0.2) is 23.4 Å². The van der Waals surface area contributed by atoms with Crippen LogP contribution in [0.3, 0.4) is 0 Å². The Morgan fingerprint density at radius 2 is 1.70 bits per heavy atom. The van der Waals surface area contributed by atoms with Crippen LogP contribution < -0.4 is 4.72 Å². The molecular weight excluding hydrogens is 384 g/mol. The lowest BCUT2D eigenvalue weighted by Crippen LogP contribution is -2.13. The highest BCUT2D eigenvalue weighted by Gasteiger charge is 2.16. The van der Waals surface area contributed by atoms with Crippen molar-refractivity contribution in [2.24, 2.45) is 0 Å². The second-order valence-corrected chi connectivity index (χ2v) is 8.14. The van der Waals surface area contributed by atoms with Crippen molar-refractivity contribution in [3.05, 3.63) is 71.8 Å². The molecule has 2 N–H and O–H groups in total. The molecule has 1 aromatic carbocycles. The first kappa shape index (κ1) is 17.5. The highest BCUT2D eigenvalue weighted by atomic mass is 35.5. The molecule has 4 aromatic rings. The predicted molar refractivity (Wildman–Crippen MR) is 106 cm³/mol. The summed E-state index contributed by atoms with van der Waals surface area (Å²) in [6.07, 6.45) is 3.30. The largest absolute Gasteiger partial charge is 0.344 e. The maximum atomic E-state index is 12.6. The number of nitrogens with zero attached hydrogens (tertiary/aromatic N) is 2. The Morgan fingerprint density at radius 3 is 2.48 bits per heavy atom. The number of sulfonamides is 1. The van der Waals surface area contributed by atoms with Crippen LogP contribution in [0.1, 0.15) is 5.69 Å². The Labute approximate surface area is 161 Å².